The molecule has 4 aromatic rings. The number of likely N-dealkylation sites (tertiary alicyclic amines) is 1. The predicted molar refractivity (Wildman–Crippen MR) is 136 cm³/mol. The van der Waals surface area contributed by atoms with Gasteiger partial charge in [0.05, 0.1) is 11.3 Å². The molecule has 0 saturated carbocycles. The highest BCUT2D eigenvalue weighted by Gasteiger charge is 2.22. The summed E-state index contributed by atoms with van der Waals surface area (Å²) in [6.45, 7) is 9.41. The maximum absolute atomic E-state index is 10.6. The van der Waals surface area contributed by atoms with Crippen molar-refractivity contribution in [1.29, 1.82) is 0 Å². The first kappa shape index (κ1) is 23.2. The second-order valence-corrected chi connectivity index (χ2v) is 10.1. The second-order valence-electron chi connectivity index (χ2n) is 10.1. The van der Waals surface area contributed by atoms with E-state index >= 15 is 0 Å². The minimum atomic E-state index is -0.267. The molecule has 1 fully saturated rings. The molecule has 1 saturated heterocycles. The minimum Gasteiger partial charge on any atom is -0.508 e. The number of phenolic OH excluding ortho intramolecular Hbond substituents is 2. The van der Waals surface area contributed by atoms with Crippen molar-refractivity contribution in [2.75, 3.05) is 13.1 Å². The Kier molecular flexibility index (Phi) is 5.92. The molecule has 2 aromatic carbocycles. The maximum Gasteiger partial charge on any atom is 0.319 e. The highest BCUT2D eigenvalue weighted by atomic mass is 16.3. The van der Waals surface area contributed by atoms with Crippen molar-refractivity contribution in [2.45, 2.75) is 46.1 Å². The van der Waals surface area contributed by atoms with Crippen LogP contribution in [0.25, 0.3) is 28.0 Å². The molecule has 8 heteroatoms. The number of hydrogen-bond acceptors (Lipinski definition) is 6. The highest BCUT2D eigenvalue weighted by Crippen LogP contribution is 2.39. The molecule has 1 aliphatic heterocycles. The van der Waals surface area contributed by atoms with Crippen LogP contribution in [0, 0.1) is 5.92 Å². The van der Waals surface area contributed by atoms with Crippen molar-refractivity contribution < 1.29 is 15.3 Å². The molecule has 0 atom stereocenters. The van der Waals surface area contributed by atoms with E-state index in [9.17, 15) is 15.3 Å². The van der Waals surface area contributed by atoms with E-state index in [0.29, 0.717) is 22.6 Å². The van der Waals surface area contributed by atoms with Gasteiger partial charge in [-0.15, -0.1) is 5.10 Å². The van der Waals surface area contributed by atoms with Gasteiger partial charge in [-0.3, -0.25) is 4.90 Å². The SMILES string of the molecule is CC1CCN(Cc2cc3cc(-n4c(O)nnc4-c4cc(C(C)C)c(O)cc4O)ccc3n2C)CC1. The van der Waals surface area contributed by atoms with Crippen LogP contribution in [-0.2, 0) is 13.6 Å². The molecule has 0 radical (unpaired) electrons. The van der Waals surface area contributed by atoms with Crippen molar-refractivity contribution in [3.63, 3.8) is 0 Å². The average molecular weight is 476 g/mol. The van der Waals surface area contributed by atoms with E-state index in [1.54, 1.807) is 6.07 Å². The zero-order valence-corrected chi connectivity index (χ0v) is 20.7. The topological polar surface area (TPSA) is 99.6 Å². The lowest BCUT2D eigenvalue weighted by Crippen LogP contribution is -2.32. The standard InChI is InChI=1S/C27H33N5O3/c1-16(2)21-13-22(25(34)14-24(21)33)26-28-29-27(35)32(26)19-5-6-23-18(11-19)12-20(30(23)4)15-31-9-7-17(3)8-10-31/h5-6,11-14,16-17,33-34H,7-10,15H2,1-4H3,(H,29,35). The molecule has 3 heterocycles. The summed E-state index contributed by atoms with van der Waals surface area (Å²) in [5.41, 5.74) is 4.13. The number of benzene rings is 2. The van der Waals surface area contributed by atoms with Gasteiger partial charge in [0.2, 0.25) is 0 Å². The number of rotatable bonds is 5. The molecule has 5 rings (SSSR count). The van der Waals surface area contributed by atoms with E-state index in [2.05, 4.69) is 39.7 Å². The fourth-order valence-electron chi connectivity index (χ4n) is 5.06. The van der Waals surface area contributed by atoms with Crippen LogP contribution >= 0.6 is 0 Å². The number of nitrogens with zero attached hydrogens (tertiary/aromatic N) is 5. The van der Waals surface area contributed by atoms with Gasteiger partial charge in [-0.1, -0.05) is 25.9 Å². The predicted octanol–water partition coefficient (Wildman–Crippen LogP) is 4.90. The largest absolute Gasteiger partial charge is 0.508 e. The van der Waals surface area contributed by atoms with Crippen molar-refractivity contribution in [3.05, 3.63) is 47.7 Å². The zero-order valence-electron chi connectivity index (χ0n) is 20.7. The molecule has 3 N–H and O–H groups in total. The Morgan fingerprint density at radius 1 is 0.971 bits per heavy atom. The Morgan fingerprint density at radius 3 is 2.43 bits per heavy atom. The molecule has 184 valence electrons. The van der Waals surface area contributed by atoms with Gasteiger partial charge in [-0.05, 0) is 73.7 Å². The van der Waals surface area contributed by atoms with Crippen LogP contribution in [-0.4, -0.2) is 52.6 Å². The highest BCUT2D eigenvalue weighted by molar-refractivity contribution is 5.84. The smallest absolute Gasteiger partial charge is 0.319 e. The second kappa shape index (κ2) is 8.92. The summed E-state index contributed by atoms with van der Waals surface area (Å²) in [5.74, 6) is 1.05. The number of hydrogen-bond donors (Lipinski definition) is 3. The maximum atomic E-state index is 10.6. The molecule has 2 aromatic heterocycles. The number of aryl methyl sites for hydroxylation is 1. The van der Waals surface area contributed by atoms with E-state index in [1.165, 1.54) is 29.2 Å². The number of aromatic hydroxyl groups is 3. The summed E-state index contributed by atoms with van der Waals surface area (Å²) in [6, 6.07) is 10.9. The van der Waals surface area contributed by atoms with Gasteiger partial charge in [-0.25, -0.2) is 4.57 Å². The van der Waals surface area contributed by atoms with Crippen LogP contribution in [0.1, 0.15) is 50.8 Å². The Morgan fingerprint density at radius 2 is 1.71 bits per heavy atom. The van der Waals surface area contributed by atoms with Crippen LogP contribution in [0.4, 0.5) is 0 Å². The molecule has 0 aliphatic carbocycles. The molecular weight excluding hydrogens is 442 g/mol. The first-order valence-corrected chi connectivity index (χ1v) is 12.2. The Labute approximate surface area is 205 Å². The van der Waals surface area contributed by atoms with E-state index in [1.807, 2.05) is 32.0 Å². The molecule has 0 spiro atoms. The van der Waals surface area contributed by atoms with Gasteiger partial charge in [0.1, 0.15) is 11.5 Å². The van der Waals surface area contributed by atoms with Gasteiger partial charge in [0.25, 0.3) is 0 Å². The van der Waals surface area contributed by atoms with E-state index in [-0.39, 0.29) is 23.4 Å². The number of phenols is 2. The summed E-state index contributed by atoms with van der Waals surface area (Å²) in [4.78, 5) is 2.51. The molecule has 0 bridgehead atoms. The van der Waals surface area contributed by atoms with E-state index < -0.39 is 0 Å². The summed E-state index contributed by atoms with van der Waals surface area (Å²) in [5, 5.41) is 40.5. The van der Waals surface area contributed by atoms with Crippen LogP contribution in [0.3, 0.4) is 0 Å². The van der Waals surface area contributed by atoms with Gasteiger partial charge in [0, 0.05) is 36.3 Å². The lowest BCUT2D eigenvalue weighted by molar-refractivity contribution is 0.182. The van der Waals surface area contributed by atoms with Gasteiger partial charge < -0.3 is 19.9 Å². The van der Waals surface area contributed by atoms with Crippen LogP contribution in [0.2, 0.25) is 0 Å². The Hall–Kier alpha value is -3.52. The monoisotopic (exact) mass is 475 g/mol. The normalized spacial score (nSPS) is 15.5. The molecule has 0 unspecified atom stereocenters. The molecule has 35 heavy (non-hydrogen) atoms. The molecule has 8 nitrogen and oxygen atoms in total. The lowest BCUT2D eigenvalue weighted by Gasteiger charge is -2.30. The minimum absolute atomic E-state index is 0.0259. The zero-order chi connectivity index (χ0) is 24.9. The van der Waals surface area contributed by atoms with Crippen molar-refractivity contribution >= 4 is 10.9 Å². The van der Waals surface area contributed by atoms with Gasteiger partial charge >= 0.3 is 6.01 Å². The fraction of sp³-hybridized carbons (Fsp3) is 0.407. The fourth-order valence-corrected chi connectivity index (χ4v) is 5.06. The van der Waals surface area contributed by atoms with Crippen LogP contribution in [0.15, 0.2) is 36.4 Å². The molecule has 0 amide bonds. The Bertz CT molecular complexity index is 1380. The molecule has 1 aliphatic rings. The number of aromatic nitrogens is 4. The first-order valence-electron chi connectivity index (χ1n) is 12.2. The third kappa shape index (κ3) is 4.23. The van der Waals surface area contributed by atoms with Crippen molar-refractivity contribution in [1.82, 2.24) is 24.2 Å². The average Bonchev–Trinajstić information content (AvgIpc) is 3.34. The first-order chi connectivity index (χ1) is 16.7. The van der Waals surface area contributed by atoms with Crippen molar-refractivity contribution in [2.24, 2.45) is 13.0 Å². The third-order valence-electron chi connectivity index (χ3n) is 7.30. The quantitative estimate of drug-likeness (QED) is 0.380. The Balaban J connectivity index is 1.54. The van der Waals surface area contributed by atoms with Crippen LogP contribution < -0.4 is 0 Å². The number of piperidine rings is 1. The third-order valence-corrected chi connectivity index (χ3v) is 7.30. The summed E-state index contributed by atoms with van der Waals surface area (Å²) in [7, 11) is 2.09. The summed E-state index contributed by atoms with van der Waals surface area (Å²) < 4.78 is 3.75. The van der Waals surface area contributed by atoms with Gasteiger partial charge in [0.15, 0.2) is 5.82 Å². The summed E-state index contributed by atoms with van der Waals surface area (Å²) in [6.07, 6.45) is 2.48. The van der Waals surface area contributed by atoms with Crippen LogP contribution in [0.5, 0.6) is 17.5 Å². The van der Waals surface area contributed by atoms with Crippen molar-refractivity contribution in [3.8, 4) is 34.6 Å². The number of fused-ring (bicyclic) bond motifs is 1. The van der Waals surface area contributed by atoms with Gasteiger partial charge in [-0.2, -0.15) is 0 Å². The lowest BCUT2D eigenvalue weighted by atomic mass is 9.98. The molecular formula is C27H33N5O3. The summed E-state index contributed by atoms with van der Waals surface area (Å²) >= 11 is 0. The van der Waals surface area contributed by atoms with E-state index in [4.69, 9.17) is 0 Å². The van der Waals surface area contributed by atoms with E-state index in [0.717, 1.165) is 36.5 Å².